The summed E-state index contributed by atoms with van der Waals surface area (Å²) in [5.74, 6) is 1.12. The molecule has 0 bridgehead atoms. The molecular weight excluding hydrogens is 174 g/mol. The molecule has 0 rings (SSSR count). The van der Waals surface area contributed by atoms with E-state index in [2.05, 4.69) is 33.0 Å². The van der Waals surface area contributed by atoms with Crippen LogP contribution in [0.5, 0.6) is 0 Å². The first-order chi connectivity index (χ1) is 6.52. The molecule has 2 heteroatoms. The van der Waals surface area contributed by atoms with E-state index in [1.807, 2.05) is 0 Å². The lowest BCUT2D eigenvalue weighted by atomic mass is 10.0. The van der Waals surface area contributed by atoms with Gasteiger partial charge >= 0.3 is 0 Å². The van der Waals surface area contributed by atoms with Crippen LogP contribution >= 0.6 is 0 Å². The van der Waals surface area contributed by atoms with Crippen LogP contribution in [0.4, 0.5) is 0 Å². The third kappa shape index (κ3) is 9.72. The van der Waals surface area contributed by atoms with Crippen molar-refractivity contribution in [3.8, 4) is 0 Å². The maximum absolute atomic E-state index is 11.4. The van der Waals surface area contributed by atoms with Crippen molar-refractivity contribution in [3.05, 3.63) is 0 Å². The van der Waals surface area contributed by atoms with E-state index in [4.69, 9.17) is 0 Å². The lowest BCUT2D eigenvalue weighted by Crippen LogP contribution is -2.25. The Balaban J connectivity index is 3.28. The van der Waals surface area contributed by atoms with E-state index in [-0.39, 0.29) is 0 Å². The first kappa shape index (κ1) is 13.6. The summed E-state index contributed by atoms with van der Waals surface area (Å²) in [7, 11) is 0. The van der Waals surface area contributed by atoms with Crippen LogP contribution in [0.1, 0.15) is 53.4 Å². The van der Waals surface area contributed by atoms with Crippen LogP contribution in [0.15, 0.2) is 0 Å². The van der Waals surface area contributed by atoms with Crippen molar-refractivity contribution in [2.75, 3.05) is 6.54 Å². The molecule has 0 saturated heterocycles. The Morgan fingerprint density at radius 2 is 1.79 bits per heavy atom. The number of carbonyl (C=O) groups is 1. The highest BCUT2D eigenvalue weighted by molar-refractivity contribution is 5.78. The van der Waals surface area contributed by atoms with E-state index in [0.29, 0.717) is 18.2 Å². The van der Waals surface area contributed by atoms with Crippen LogP contribution in [0.3, 0.4) is 0 Å². The number of hydrogen-bond acceptors (Lipinski definition) is 2. The minimum absolute atomic E-state index is 0.402. The highest BCUT2D eigenvalue weighted by Gasteiger charge is 2.03. The average molecular weight is 199 g/mol. The molecule has 0 saturated carbocycles. The van der Waals surface area contributed by atoms with Gasteiger partial charge in [-0.2, -0.15) is 0 Å². The summed E-state index contributed by atoms with van der Waals surface area (Å²) in [4.78, 5) is 11.4. The van der Waals surface area contributed by atoms with Crippen molar-refractivity contribution in [2.45, 2.75) is 59.4 Å². The lowest BCUT2D eigenvalue weighted by molar-refractivity contribution is -0.119. The van der Waals surface area contributed by atoms with Gasteiger partial charge in [-0.1, -0.05) is 34.1 Å². The summed E-state index contributed by atoms with van der Waals surface area (Å²) in [6, 6.07) is 0.485. The molecule has 0 aromatic rings. The molecule has 0 unspecified atom stereocenters. The van der Waals surface area contributed by atoms with Gasteiger partial charge in [-0.3, -0.25) is 4.79 Å². The molecule has 1 N–H and O–H groups in total. The van der Waals surface area contributed by atoms with Gasteiger partial charge in [0.15, 0.2) is 0 Å². The number of Topliss-reactive ketones (excluding diaryl/α,β-unsaturated/α-hetero) is 1. The molecule has 0 atom stereocenters. The maximum atomic E-state index is 11.4. The standard InChI is InChI=1S/C12H25NO/c1-10(2)6-5-7-12(14)8-9-13-11(3)4/h10-11,13H,5-9H2,1-4H3. The SMILES string of the molecule is CC(C)CCCC(=O)CCNC(C)C. The average Bonchev–Trinajstić information content (AvgIpc) is 2.02. The van der Waals surface area contributed by atoms with Crippen LogP contribution < -0.4 is 5.32 Å². The second-order valence-corrected chi connectivity index (χ2v) is 4.68. The number of hydrogen-bond donors (Lipinski definition) is 1. The van der Waals surface area contributed by atoms with Gasteiger partial charge in [-0.15, -0.1) is 0 Å². The third-order valence-corrected chi connectivity index (χ3v) is 2.19. The first-order valence-electron chi connectivity index (χ1n) is 5.77. The highest BCUT2D eigenvalue weighted by Crippen LogP contribution is 2.07. The monoisotopic (exact) mass is 199 g/mol. The van der Waals surface area contributed by atoms with Crippen molar-refractivity contribution in [3.63, 3.8) is 0 Å². The predicted octanol–water partition coefficient (Wildman–Crippen LogP) is 2.77. The summed E-state index contributed by atoms with van der Waals surface area (Å²) >= 11 is 0. The van der Waals surface area contributed by atoms with Gasteiger partial charge in [0.2, 0.25) is 0 Å². The Morgan fingerprint density at radius 3 is 2.29 bits per heavy atom. The zero-order valence-corrected chi connectivity index (χ0v) is 10.1. The van der Waals surface area contributed by atoms with E-state index in [1.165, 1.54) is 6.42 Å². The molecule has 0 aliphatic carbocycles. The Bertz CT molecular complexity index is 136. The molecule has 0 aliphatic heterocycles. The Labute approximate surface area is 88.5 Å². The summed E-state index contributed by atoms with van der Waals surface area (Å²) in [5.41, 5.74) is 0. The molecule has 0 radical (unpaired) electrons. The molecule has 0 aliphatic rings. The lowest BCUT2D eigenvalue weighted by Gasteiger charge is -2.07. The van der Waals surface area contributed by atoms with E-state index >= 15 is 0 Å². The molecule has 0 heterocycles. The van der Waals surface area contributed by atoms with Crippen LogP contribution in [-0.4, -0.2) is 18.4 Å². The van der Waals surface area contributed by atoms with E-state index in [1.54, 1.807) is 0 Å². The molecule has 0 spiro atoms. The fraction of sp³-hybridized carbons (Fsp3) is 0.917. The minimum Gasteiger partial charge on any atom is -0.314 e. The summed E-state index contributed by atoms with van der Waals surface area (Å²) < 4.78 is 0. The van der Waals surface area contributed by atoms with Crippen molar-refractivity contribution in [1.82, 2.24) is 5.32 Å². The molecule has 2 nitrogen and oxygen atoms in total. The Morgan fingerprint density at radius 1 is 1.14 bits per heavy atom. The van der Waals surface area contributed by atoms with Gasteiger partial charge in [-0.05, 0) is 12.3 Å². The summed E-state index contributed by atoms with van der Waals surface area (Å²) in [6.07, 6.45) is 3.68. The fourth-order valence-corrected chi connectivity index (χ4v) is 1.33. The van der Waals surface area contributed by atoms with Crippen molar-refractivity contribution < 1.29 is 4.79 Å². The van der Waals surface area contributed by atoms with Crippen LogP contribution in [0.25, 0.3) is 0 Å². The summed E-state index contributed by atoms with van der Waals surface area (Å²) in [6.45, 7) is 9.43. The Hall–Kier alpha value is -0.370. The number of ketones is 1. The molecule has 84 valence electrons. The summed E-state index contributed by atoms with van der Waals surface area (Å²) in [5, 5.41) is 3.25. The molecule has 0 aromatic carbocycles. The molecule has 0 fully saturated rings. The highest BCUT2D eigenvalue weighted by atomic mass is 16.1. The predicted molar refractivity (Wildman–Crippen MR) is 61.5 cm³/mol. The van der Waals surface area contributed by atoms with Crippen LogP contribution in [-0.2, 0) is 4.79 Å². The van der Waals surface area contributed by atoms with Crippen LogP contribution in [0, 0.1) is 5.92 Å². The van der Waals surface area contributed by atoms with Crippen molar-refractivity contribution >= 4 is 5.78 Å². The van der Waals surface area contributed by atoms with E-state index in [0.717, 1.165) is 25.3 Å². The zero-order chi connectivity index (χ0) is 11.0. The van der Waals surface area contributed by atoms with Crippen LogP contribution in [0.2, 0.25) is 0 Å². The zero-order valence-electron chi connectivity index (χ0n) is 10.1. The molecule has 0 amide bonds. The topological polar surface area (TPSA) is 29.1 Å². The van der Waals surface area contributed by atoms with Gasteiger partial charge < -0.3 is 5.32 Å². The van der Waals surface area contributed by atoms with Gasteiger partial charge in [0.1, 0.15) is 5.78 Å². The Kier molecular flexibility index (Phi) is 7.77. The molecule has 14 heavy (non-hydrogen) atoms. The van der Waals surface area contributed by atoms with Gasteiger partial charge in [-0.25, -0.2) is 0 Å². The van der Waals surface area contributed by atoms with Crippen molar-refractivity contribution in [1.29, 1.82) is 0 Å². The smallest absolute Gasteiger partial charge is 0.134 e. The third-order valence-electron chi connectivity index (χ3n) is 2.19. The van der Waals surface area contributed by atoms with Gasteiger partial charge in [0, 0.05) is 25.4 Å². The fourth-order valence-electron chi connectivity index (χ4n) is 1.33. The second kappa shape index (κ2) is 7.98. The second-order valence-electron chi connectivity index (χ2n) is 4.68. The maximum Gasteiger partial charge on any atom is 0.134 e. The molecular formula is C12H25NO. The number of rotatable bonds is 8. The van der Waals surface area contributed by atoms with E-state index in [9.17, 15) is 4.79 Å². The molecule has 0 aromatic heterocycles. The quantitative estimate of drug-likeness (QED) is 0.651. The van der Waals surface area contributed by atoms with Gasteiger partial charge in [0.25, 0.3) is 0 Å². The minimum atomic E-state index is 0.402. The van der Waals surface area contributed by atoms with E-state index < -0.39 is 0 Å². The van der Waals surface area contributed by atoms with Gasteiger partial charge in [0.05, 0.1) is 0 Å². The normalized spacial score (nSPS) is 11.3. The number of nitrogens with one attached hydrogen (secondary N) is 1. The van der Waals surface area contributed by atoms with Crippen molar-refractivity contribution in [2.24, 2.45) is 5.92 Å². The largest absolute Gasteiger partial charge is 0.314 e. The first-order valence-corrected chi connectivity index (χ1v) is 5.77. The number of carbonyl (C=O) groups excluding carboxylic acids is 1.